The molecule has 2 atom stereocenters. The van der Waals surface area contributed by atoms with E-state index in [0.29, 0.717) is 5.92 Å². The third-order valence-electron chi connectivity index (χ3n) is 4.04. The van der Waals surface area contributed by atoms with Crippen molar-refractivity contribution in [1.82, 2.24) is 5.32 Å². The fourth-order valence-electron chi connectivity index (χ4n) is 2.99. The van der Waals surface area contributed by atoms with Crippen LogP contribution in [0.4, 0.5) is 0 Å². The Kier molecular flexibility index (Phi) is 5.41. The van der Waals surface area contributed by atoms with Crippen LogP contribution in [0.2, 0.25) is 0 Å². The van der Waals surface area contributed by atoms with Gasteiger partial charge in [0, 0.05) is 6.04 Å². The van der Waals surface area contributed by atoms with Gasteiger partial charge in [0.15, 0.2) is 0 Å². The fraction of sp³-hybridized carbons (Fsp3) is 0.647. The predicted octanol–water partition coefficient (Wildman–Crippen LogP) is 3.27. The Hall–Kier alpha value is -0.860. The van der Waals surface area contributed by atoms with Gasteiger partial charge in [0.25, 0.3) is 0 Å². The summed E-state index contributed by atoms with van der Waals surface area (Å²) in [6, 6.07) is 9.12. The molecule has 1 aromatic carbocycles. The Morgan fingerprint density at radius 2 is 2.00 bits per heavy atom. The van der Waals surface area contributed by atoms with Gasteiger partial charge in [-0.15, -0.1) is 0 Å². The summed E-state index contributed by atoms with van der Waals surface area (Å²) in [5, 5.41) is 3.47. The Balaban J connectivity index is 1.89. The summed E-state index contributed by atoms with van der Waals surface area (Å²) in [5.74, 6) is 1.46. The minimum atomic E-state index is 0.193. The first-order chi connectivity index (χ1) is 9.15. The molecule has 3 N–H and O–H groups in total. The molecular formula is C17H28N2. The Labute approximate surface area is 117 Å². The lowest BCUT2D eigenvalue weighted by Gasteiger charge is -2.25. The van der Waals surface area contributed by atoms with Gasteiger partial charge >= 0.3 is 0 Å². The Morgan fingerprint density at radius 3 is 2.58 bits per heavy atom. The molecule has 1 fully saturated rings. The molecule has 0 aromatic heterocycles. The van der Waals surface area contributed by atoms with Crippen molar-refractivity contribution in [2.24, 2.45) is 17.6 Å². The molecule has 1 aliphatic heterocycles. The van der Waals surface area contributed by atoms with Gasteiger partial charge in [-0.25, -0.2) is 0 Å². The van der Waals surface area contributed by atoms with Gasteiger partial charge in [0.1, 0.15) is 0 Å². The molecule has 106 valence electrons. The zero-order chi connectivity index (χ0) is 13.7. The minimum Gasteiger partial charge on any atom is -0.324 e. The van der Waals surface area contributed by atoms with E-state index in [1.807, 2.05) is 0 Å². The van der Waals surface area contributed by atoms with E-state index in [-0.39, 0.29) is 6.04 Å². The third-order valence-corrected chi connectivity index (χ3v) is 4.04. The van der Waals surface area contributed by atoms with Crippen molar-refractivity contribution in [3.63, 3.8) is 0 Å². The zero-order valence-electron chi connectivity index (χ0n) is 12.4. The standard InChI is InChI=1S/C17H28N2/c1-13(2)10-14-5-7-16(8-6-14)17(18)11-15-4-3-9-19-12-15/h5-8,13,15,17,19H,3-4,9-12,18H2,1-2H3. The van der Waals surface area contributed by atoms with Crippen LogP contribution in [-0.4, -0.2) is 13.1 Å². The average molecular weight is 260 g/mol. The molecule has 0 aliphatic carbocycles. The molecule has 0 saturated carbocycles. The number of nitrogens with two attached hydrogens (primary N) is 1. The van der Waals surface area contributed by atoms with E-state index in [9.17, 15) is 0 Å². The molecule has 0 spiro atoms. The van der Waals surface area contributed by atoms with Crippen LogP contribution in [0.3, 0.4) is 0 Å². The minimum absolute atomic E-state index is 0.193. The van der Waals surface area contributed by atoms with Gasteiger partial charge < -0.3 is 11.1 Å². The van der Waals surface area contributed by atoms with E-state index >= 15 is 0 Å². The number of nitrogens with one attached hydrogen (secondary N) is 1. The number of piperidine rings is 1. The van der Waals surface area contributed by atoms with Crippen LogP contribution in [0, 0.1) is 11.8 Å². The molecule has 2 nitrogen and oxygen atoms in total. The first-order valence-electron chi connectivity index (χ1n) is 7.70. The van der Waals surface area contributed by atoms with Crippen LogP contribution >= 0.6 is 0 Å². The molecule has 1 aromatic rings. The molecule has 1 aliphatic rings. The van der Waals surface area contributed by atoms with Gasteiger partial charge in [-0.3, -0.25) is 0 Å². The predicted molar refractivity (Wildman–Crippen MR) is 82.1 cm³/mol. The highest BCUT2D eigenvalue weighted by molar-refractivity contribution is 5.25. The SMILES string of the molecule is CC(C)Cc1ccc(C(N)CC2CCCNC2)cc1. The Morgan fingerprint density at radius 1 is 1.26 bits per heavy atom. The van der Waals surface area contributed by atoms with E-state index in [4.69, 9.17) is 5.73 Å². The normalized spacial score (nSPS) is 21.6. The summed E-state index contributed by atoms with van der Waals surface area (Å²) in [4.78, 5) is 0. The number of hydrogen-bond donors (Lipinski definition) is 2. The van der Waals surface area contributed by atoms with Gasteiger partial charge in [0.2, 0.25) is 0 Å². The van der Waals surface area contributed by atoms with Gasteiger partial charge in [-0.2, -0.15) is 0 Å². The molecule has 0 radical (unpaired) electrons. The van der Waals surface area contributed by atoms with Crippen molar-refractivity contribution in [2.45, 2.75) is 45.6 Å². The topological polar surface area (TPSA) is 38.0 Å². The third kappa shape index (κ3) is 4.63. The van der Waals surface area contributed by atoms with E-state index < -0.39 is 0 Å². The van der Waals surface area contributed by atoms with Gasteiger partial charge in [0.05, 0.1) is 0 Å². The maximum absolute atomic E-state index is 6.35. The molecule has 2 rings (SSSR count). The highest BCUT2D eigenvalue weighted by Crippen LogP contribution is 2.24. The molecule has 1 saturated heterocycles. The summed E-state index contributed by atoms with van der Waals surface area (Å²) in [6.07, 6.45) is 4.88. The molecule has 2 heteroatoms. The lowest BCUT2D eigenvalue weighted by molar-refractivity contribution is 0.337. The van der Waals surface area contributed by atoms with Crippen molar-refractivity contribution >= 4 is 0 Å². The van der Waals surface area contributed by atoms with E-state index in [0.717, 1.165) is 25.3 Å². The van der Waals surface area contributed by atoms with E-state index in [2.05, 4.69) is 43.4 Å². The second-order valence-electron chi connectivity index (χ2n) is 6.39. The van der Waals surface area contributed by atoms with Crippen LogP contribution < -0.4 is 11.1 Å². The fourth-order valence-corrected chi connectivity index (χ4v) is 2.99. The monoisotopic (exact) mass is 260 g/mol. The molecule has 19 heavy (non-hydrogen) atoms. The van der Waals surface area contributed by atoms with Crippen molar-refractivity contribution < 1.29 is 0 Å². The van der Waals surface area contributed by atoms with Crippen molar-refractivity contribution in [3.8, 4) is 0 Å². The smallest absolute Gasteiger partial charge is 0.0297 e. The van der Waals surface area contributed by atoms with Crippen LogP contribution in [0.1, 0.15) is 50.3 Å². The first-order valence-corrected chi connectivity index (χ1v) is 7.70. The zero-order valence-corrected chi connectivity index (χ0v) is 12.4. The van der Waals surface area contributed by atoms with E-state index in [1.165, 1.54) is 30.5 Å². The first kappa shape index (κ1) is 14.5. The quantitative estimate of drug-likeness (QED) is 0.852. The van der Waals surface area contributed by atoms with Crippen molar-refractivity contribution in [3.05, 3.63) is 35.4 Å². The lowest BCUT2D eigenvalue weighted by Crippen LogP contribution is -2.31. The second kappa shape index (κ2) is 7.06. The average Bonchev–Trinajstić information content (AvgIpc) is 2.40. The summed E-state index contributed by atoms with van der Waals surface area (Å²) in [7, 11) is 0. The summed E-state index contributed by atoms with van der Waals surface area (Å²) in [6.45, 7) is 6.83. The largest absolute Gasteiger partial charge is 0.324 e. The van der Waals surface area contributed by atoms with Crippen LogP contribution in [0.15, 0.2) is 24.3 Å². The Bertz CT molecular complexity index is 363. The van der Waals surface area contributed by atoms with Crippen LogP contribution in [0.25, 0.3) is 0 Å². The highest BCUT2D eigenvalue weighted by Gasteiger charge is 2.17. The lowest BCUT2D eigenvalue weighted by atomic mass is 9.89. The highest BCUT2D eigenvalue weighted by atomic mass is 14.9. The summed E-state index contributed by atoms with van der Waals surface area (Å²) < 4.78 is 0. The van der Waals surface area contributed by atoms with Crippen LogP contribution in [0.5, 0.6) is 0 Å². The second-order valence-corrected chi connectivity index (χ2v) is 6.39. The summed E-state index contributed by atoms with van der Waals surface area (Å²) in [5.41, 5.74) is 9.06. The maximum atomic E-state index is 6.35. The molecular weight excluding hydrogens is 232 g/mol. The molecule has 2 unspecified atom stereocenters. The van der Waals surface area contributed by atoms with Gasteiger partial charge in [-0.05, 0) is 61.7 Å². The summed E-state index contributed by atoms with van der Waals surface area (Å²) >= 11 is 0. The van der Waals surface area contributed by atoms with Gasteiger partial charge in [-0.1, -0.05) is 38.1 Å². The van der Waals surface area contributed by atoms with E-state index in [1.54, 1.807) is 0 Å². The maximum Gasteiger partial charge on any atom is 0.0297 e. The van der Waals surface area contributed by atoms with Crippen molar-refractivity contribution in [1.29, 1.82) is 0 Å². The number of hydrogen-bond acceptors (Lipinski definition) is 2. The molecule has 0 amide bonds. The molecule has 1 heterocycles. The van der Waals surface area contributed by atoms with Crippen LogP contribution in [-0.2, 0) is 6.42 Å². The number of benzene rings is 1. The van der Waals surface area contributed by atoms with Crippen molar-refractivity contribution in [2.75, 3.05) is 13.1 Å². The molecule has 0 bridgehead atoms. The number of rotatable bonds is 5.